The van der Waals surface area contributed by atoms with Crippen LogP contribution in [0.3, 0.4) is 0 Å². The molecule has 1 heterocycles. The molecule has 0 aromatic rings. The normalized spacial score (nSPS) is 20.8. The van der Waals surface area contributed by atoms with Gasteiger partial charge in [0.05, 0.1) is 0 Å². The first-order chi connectivity index (χ1) is 6.95. The van der Waals surface area contributed by atoms with E-state index >= 15 is 0 Å². The van der Waals surface area contributed by atoms with Gasteiger partial charge in [-0.1, -0.05) is 0 Å². The molecule has 2 amide bonds. The summed E-state index contributed by atoms with van der Waals surface area (Å²) < 4.78 is 0. The number of likely N-dealkylation sites (tertiary alicyclic amines) is 1. The molecule has 0 aromatic carbocycles. The van der Waals surface area contributed by atoms with Gasteiger partial charge in [-0.3, -0.25) is 5.01 Å². The van der Waals surface area contributed by atoms with Gasteiger partial charge in [-0.05, 0) is 26.7 Å². The van der Waals surface area contributed by atoms with Crippen molar-refractivity contribution in [3.63, 3.8) is 0 Å². The molecular formula is C9H17N3O3. The van der Waals surface area contributed by atoms with E-state index in [2.05, 4.69) is 0 Å². The lowest BCUT2D eigenvalue weighted by Crippen LogP contribution is -2.53. The summed E-state index contributed by atoms with van der Waals surface area (Å²) in [5.74, 6) is 4.59. The first kappa shape index (κ1) is 11.8. The molecule has 1 saturated heterocycles. The highest BCUT2D eigenvalue weighted by molar-refractivity contribution is 5.83. The molecule has 0 saturated carbocycles. The van der Waals surface area contributed by atoms with Crippen LogP contribution in [0.1, 0.15) is 26.7 Å². The molecule has 1 rings (SSSR count). The Bertz CT molecular complexity index is 267. The number of rotatable bonds is 2. The Labute approximate surface area is 88.6 Å². The Balaban J connectivity index is 2.70. The second kappa shape index (κ2) is 4.48. The molecule has 0 radical (unpaired) electrons. The van der Waals surface area contributed by atoms with Crippen molar-refractivity contribution in [1.82, 2.24) is 9.91 Å². The summed E-state index contributed by atoms with van der Waals surface area (Å²) in [4.78, 5) is 23.9. The van der Waals surface area contributed by atoms with E-state index < -0.39 is 18.0 Å². The molecule has 3 N–H and O–H groups in total. The molecule has 0 bridgehead atoms. The van der Waals surface area contributed by atoms with Crippen LogP contribution in [0.2, 0.25) is 0 Å². The van der Waals surface area contributed by atoms with E-state index in [0.29, 0.717) is 19.4 Å². The third-order valence-electron chi connectivity index (χ3n) is 2.56. The Kier molecular flexibility index (Phi) is 3.52. The van der Waals surface area contributed by atoms with Crippen molar-refractivity contribution >= 4 is 12.0 Å². The molecule has 1 aliphatic rings. The Morgan fingerprint density at radius 2 is 2.13 bits per heavy atom. The smallest absolute Gasteiger partial charge is 0.335 e. The van der Waals surface area contributed by atoms with Crippen molar-refractivity contribution < 1.29 is 14.7 Å². The number of carboxylic acid groups (broad SMARTS) is 1. The van der Waals surface area contributed by atoms with Gasteiger partial charge in [0.2, 0.25) is 0 Å². The monoisotopic (exact) mass is 215 g/mol. The molecule has 6 heteroatoms. The average Bonchev–Trinajstić information content (AvgIpc) is 2.63. The lowest BCUT2D eigenvalue weighted by molar-refractivity contribution is -0.141. The van der Waals surface area contributed by atoms with Gasteiger partial charge in [-0.2, -0.15) is 0 Å². The first-order valence-electron chi connectivity index (χ1n) is 5.02. The Morgan fingerprint density at radius 3 is 2.60 bits per heavy atom. The predicted octanol–water partition coefficient (Wildman–Crippen LogP) is 0.240. The maximum Gasteiger partial charge on any atom is 0.335 e. The highest BCUT2D eigenvalue weighted by atomic mass is 16.4. The van der Waals surface area contributed by atoms with Gasteiger partial charge >= 0.3 is 12.0 Å². The van der Waals surface area contributed by atoms with Crippen LogP contribution in [0.5, 0.6) is 0 Å². The predicted molar refractivity (Wildman–Crippen MR) is 53.9 cm³/mol. The maximum absolute atomic E-state index is 11.8. The van der Waals surface area contributed by atoms with E-state index in [0.717, 1.165) is 5.01 Å². The van der Waals surface area contributed by atoms with Crippen LogP contribution in [0.15, 0.2) is 0 Å². The molecular weight excluding hydrogens is 198 g/mol. The fourth-order valence-corrected chi connectivity index (χ4v) is 1.62. The zero-order valence-electron chi connectivity index (χ0n) is 9.01. The average molecular weight is 215 g/mol. The summed E-state index contributed by atoms with van der Waals surface area (Å²) in [6.07, 6.45) is 1.22. The Hall–Kier alpha value is -1.30. The zero-order chi connectivity index (χ0) is 11.6. The topological polar surface area (TPSA) is 86.9 Å². The van der Waals surface area contributed by atoms with E-state index in [-0.39, 0.29) is 6.04 Å². The minimum absolute atomic E-state index is 0.132. The standard InChI is InChI=1S/C9H17N3O3/c1-6(2)12(10)9(15)11-5-3-4-7(11)8(13)14/h6-7H,3-5,10H2,1-2H3,(H,13,14)/t7-/m0/s1. The van der Waals surface area contributed by atoms with Gasteiger partial charge in [0.1, 0.15) is 6.04 Å². The van der Waals surface area contributed by atoms with Gasteiger partial charge in [0.15, 0.2) is 0 Å². The second-order valence-corrected chi connectivity index (χ2v) is 3.97. The number of carbonyl (C=O) groups excluding carboxylic acids is 1. The summed E-state index contributed by atoms with van der Waals surface area (Å²) in [6, 6.07) is -1.26. The summed E-state index contributed by atoms with van der Waals surface area (Å²) in [6.45, 7) is 4.03. The summed E-state index contributed by atoms with van der Waals surface area (Å²) in [5, 5.41) is 9.97. The quantitative estimate of drug-likeness (QED) is 0.392. The number of amides is 2. The Morgan fingerprint density at radius 1 is 1.53 bits per heavy atom. The van der Waals surface area contributed by atoms with E-state index in [1.54, 1.807) is 13.8 Å². The lowest BCUT2D eigenvalue weighted by atomic mass is 10.2. The zero-order valence-corrected chi connectivity index (χ0v) is 9.01. The molecule has 0 aliphatic carbocycles. The van der Waals surface area contributed by atoms with Crippen LogP contribution in [0.4, 0.5) is 4.79 Å². The first-order valence-corrected chi connectivity index (χ1v) is 5.02. The second-order valence-electron chi connectivity index (χ2n) is 3.97. The number of hydrogen-bond donors (Lipinski definition) is 2. The molecule has 1 aliphatic heterocycles. The number of urea groups is 1. The summed E-state index contributed by atoms with van der Waals surface area (Å²) >= 11 is 0. The number of nitrogens with two attached hydrogens (primary N) is 1. The third-order valence-corrected chi connectivity index (χ3v) is 2.56. The number of carboxylic acids is 1. The molecule has 0 spiro atoms. The van der Waals surface area contributed by atoms with E-state index in [1.807, 2.05) is 0 Å². The minimum atomic E-state index is -0.960. The third kappa shape index (κ3) is 2.38. The highest BCUT2D eigenvalue weighted by Crippen LogP contribution is 2.18. The van der Waals surface area contributed by atoms with Crippen molar-refractivity contribution in [2.24, 2.45) is 5.84 Å². The molecule has 6 nitrogen and oxygen atoms in total. The SMILES string of the molecule is CC(C)N(N)C(=O)N1CCC[C@H]1C(=O)O. The van der Waals surface area contributed by atoms with Crippen LogP contribution in [-0.2, 0) is 4.79 Å². The summed E-state index contributed by atoms with van der Waals surface area (Å²) in [7, 11) is 0. The van der Waals surface area contributed by atoms with Gasteiger partial charge in [0.25, 0.3) is 0 Å². The number of nitrogens with zero attached hydrogens (tertiary/aromatic N) is 2. The van der Waals surface area contributed by atoms with Crippen molar-refractivity contribution in [3.8, 4) is 0 Å². The van der Waals surface area contributed by atoms with Crippen LogP contribution < -0.4 is 5.84 Å². The van der Waals surface area contributed by atoms with Crippen molar-refractivity contribution in [2.75, 3.05) is 6.54 Å². The number of aliphatic carboxylic acids is 1. The maximum atomic E-state index is 11.8. The van der Waals surface area contributed by atoms with Crippen LogP contribution in [-0.4, -0.2) is 45.6 Å². The van der Waals surface area contributed by atoms with Gasteiger partial charge in [-0.15, -0.1) is 0 Å². The number of carbonyl (C=O) groups is 2. The van der Waals surface area contributed by atoms with Crippen LogP contribution in [0, 0.1) is 0 Å². The van der Waals surface area contributed by atoms with Crippen molar-refractivity contribution in [3.05, 3.63) is 0 Å². The molecule has 15 heavy (non-hydrogen) atoms. The molecule has 0 unspecified atom stereocenters. The van der Waals surface area contributed by atoms with Crippen LogP contribution in [0.25, 0.3) is 0 Å². The molecule has 86 valence electrons. The van der Waals surface area contributed by atoms with E-state index in [9.17, 15) is 9.59 Å². The lowest BCUT2D eigenvalue weighted by Gasteiger charge is -2.29. The fraction of sp³-hybridized carbons (Fsp3) is 0.778. The number of hydrazine groups is 1. The van der Waals surface area contributed by atoms with Gasteiger partial charge in [0, 0.05) is 12.6 Å². The summed E-state index contributed by atoms with van der Waals surface area (Å²) in [5.41, 5.74) is 0. The molecule has 0 aromatic heterocycles. The van der Waals surface area contributed by atoms with Gasteiger partial charge < -0.3 is 10.0 Å². The molecule has 1 fully saturated rings. The van der Waals surface area contributed by atoms with Gasteiger partial charge in [-0.25, -0.2) is 15.4 Å². The van der Waals surface area contributed by atoms with E-state index in [1.165, 1.54) is 4.90 Å². The fourth-order valence-electron chi connectivity index (χ4n) is 1.62. The highest BCUT2D eigenvalue weighted by Gasteiger charge is 2.36. The van der Waals surface area contributed by atoms with Crippen molar-refractivity contribution in [2.45, 2.75) is 38.8 Å². The van der Waals surface area contributed by atoms with Crippen molar-refractivity contribution in [1.29, 1.82) is 0 Å². The van der Waals surface area contributed by atoms with E-state index in [4.69, 9.17) is 10.9 Å². The molecule has 1 atom stereocenters. The minimum Gasteiger partial charge on any atom is -0.480 e. The number of hydrogen-bond acceptors (Lipinski definition) is 3. The van der Waals surface area contributed by atoms with Crippen LogP contribution >= 0.6 is 0 Å². The largest absolute Gasteiger partial charge is 0.480 e.